The van der Waals surface area contributed by atoms with Gasteiger partial charge in [0.25, 0.3) is 0 Å². The second kappa shape index (κ2) is 4.46. The maximum atomic E-state index is 4.26. The van der Waals surface area contributed by atoms with E-state index in [2.05, 4.69) is 15.3 Å². The lowest BCUT2D eigenvalue weighted by molar-refractivity contribution is 0.352. The summed E-state index contributed by atoms with van der Waals surface area (Å²) < 4.78 is 1.82. The minimum absolute atomic E-state index is 0.978. The fraction of sp³-hybridized carbons (Fsp3) is 0.700. The number of hydrogen-bond donors (Lipinski definition) is 1. The van der Waals surface area contributed by atoms with Crippen molar-refractivity contribution in [3.63, 3.8) is 0 Å². The van der Waals surface area contributed by atoms with E-state index in [-0.39, 0.29) is 0 Å². The molecule has 14 heavy (non-hydrogen) atoms. The summed E-state index contributed by atoms with van der Waals surface area (Å²) in [6, 6.07) is 2.00. The monoisotopic (exact) mass is 194 g/mol. The maximum absolute atomic E-state index is 4.26. The lowest BCUT2D eigenvalue weighted by Crippen LogP contribution is -2.26. The van der Waals surface area contributed by atoms with Crippen molar-refractivity contribution in [1.29, 1.82) is 0 Å². The van der Waals surface area contributed by atoms with Gasteiger partial charge in [-0.25, -0.2) is 0 Å². The Bertz CT molecular complexity index is 275. The molecular weight excluding hydrogens is 176 g/mol. The molecule has 78 valence electrons. The van der Waals surface area contributed by atoms with Crippen molar-refractivity contribution in [3.05, 3.63) is 12.3 Å². The predicted molar refractivity (Wildman–Crippen MR) is 57.4 cm³/mol. The molecule has 4 heteroatoms. The van der Waals surface area contributed by atoms with Gasteiger partial charge in [0.1, 0.15) is 5.82 Å². The first-order valence-corrected chi connectivity index (χ1v) is 5.30. The van der Waals surface area contributed by atoms with Gasteiger partial charge >= 0.3 is 0 Å². The Morgan fingerprint density at radius 1 is 1.43 bits per heavy atom. The van der Waals surface area contributed by atoms with Crippen molar-refractivity contribution in [2.45, 2.75) is 12.8 Å². The fourth-order valence-electron chi connectivity index (χ4n) is 1.86. The van der Waals surface area contributed by atoms with E-state index >= 15 is 0 Å². The van der Waals surface area contributed by atoms with Gasteiger partial charge in [0.2, 0.25) is 0 Å². The molecule has 1 aromatic rings. The van der Waals surface area contributed by atoms with Crippen LogP contribution < -0.4 is 5.32 Å². The summed E-state index contributed by atoms with van der Waals surface area (Å²) in [5.74, 6) is 0.978. The summed E-state index contributed by atoms with van der Waals surface area (Å²) >= 11 is 0. The molecule has 0 aromatic carbocycles. The molecule has 2 heterocycles. The number of nitrogens with one attached hydrogen (secondary N) is 1. The summed E-state index contributed by atoms with van der Waals surface area (Å²) in [5, 5.41) is 7.58. The molecule has 4 nitrogen and oxygen atoms in total. The van der Waals surface area contributed by atoms with Crippen LogP contribution in [-0.2, 0) is 7.05 Å². The molecule has 2 rings (SSSR count). The summed E-state index contributed by atoms with van der Waals surface area (Å²) in [7, 11) is 1.94. The molecule has 0 atom stereocenters. The van der Waals surface area contributed by atoms with Gasteiger partial charge < -0.3 is 10.2 Å². The lowest BCUT2D eigenvalue weighted by Gasteiger charge is -2.14. The summed E-state index contributed by atoms with van der Waals surface area (Å²) in [5.41, 5.74) is 0. The number of rotatable bonds is 4. The molecule has 0 radical (unpaired) electrons. The van der Waals surface area contributed by atoms with Crippen LogP contribution in [-0.4, -0.2) is 40.9 Å². The topological polar surface area (TPSA) is 33.1 Å². The minimum atomic E-state index is 0.978. The zero-order valence-corrected chi connectivity index (χ0v) is 8.74. The van der Waals surface area contributed by atoms with E-state index in [9.17, 15) is 0 Å². The molecule has 1 aromatic heterocycles. The number of likely N-dealkylation sites (tertiary alicyclic amines) is 1. The van der Waals surface area contributed by atoms with E-state index in [1.54, 1.807) is 0 Å². The van der Waals surface area contributed by atoms with Gasteiger partial charge in [0, 0.05) is 32.4 Å². The quantitative estimate of drug-likeness (QED) is 0.774. The molecule has 0 unspecified atom stereocenters. The van der Waals surface area contributed by atoms with E-state index in [1.807, 2.05) is 24.0 Å². The van der Waals surface area contributed by atoms with E-state index in [0.717, 1.165) is 18.9 Å². The number of hydrogen-bond acceptors (Lipinski definition) is 3. The van der Waals surface area contributed by atoms with Crippen molar-refractivity contribution in [3.8, 4) is 0 Å². The highest BCUT2D eigenvalue weighted by molar-refractivity contribution is 5.31. The van der Waals surface area contributed by atoms with Crippen molar-refractivity contribution in [1.82, 2.24) is 14.7 Å². The molecule has 1 aliphatic rings. The van der Waals surface area contributed by atoms with Gasteiger partial charge in [-0.15, -0.1) is 0 Å². The SMILES string of the molecule is Cn1ccc(NCCN2CCCC2)n1. The summed E-state index contributed by atoms with van der Waals surface area (Å²) in [6.07, 6.45) is 4.69. The van der Waals surface area contributed by atoms with E-state index < -0.39 is 0 Å². The van der Waals surface area contributed by atoms with Gasteiger partial charge in [-0.2, -0.15) is 5.10 Å². The molecule has 0 saturated carbocycles. The first kappa shape index (κ1) is 9.52. The van der Waals surface area contributed by atoms with Crippen LogP contribution in [0.25, 0.3) is 0 Å². The normalized spacial score (nSPS) is 17.5. The van der Waals surface area contributed by atoms with Crippen LogP contribution in [0.1, 0.15) is 12.8 Å². The smallest absolute Gasteiger partial charge is 0.148 e. The molecule has 0 spiro atoms. The van der Waals surface area contributed by atoms with Crippen LogP contribution in [0.15, 0.2) is 12.3 Å². The van der Waals surface area contributed by atoms with Crippen LogP contribution in [0.4, 0.5) is 5.82 Å². The predicted octanol–water partition coefficient (Wildman–Crippen LogP) is 0.928. The van der Waals surface area contributed by atoms with Gasteiger partial charge in [0.15, 0.2) is 0 Å². The Balaban J connectivity index is 1.67. The molecule has 1 aliphatic heterocycles. The highest BCUT2D eigenvalue weighted by Gasteiger charge is 2.10. The van der Waals surface area contributed by atoms with Crippen molar-refractivity contribution >= 4 is 5.82 Å². The Labute approximate surface area is 84.9 Å². The van der Waals surface area contributed by atoms with Crippen molar-refractivity contribution in [2.24, 2.45) is 7.05 Å². The average Bonchev–Trinajstić information content (AvgIpc) is 2.77. The standard InChI is InChI=1S/C10H18N4/c1-13-8-4-10(12-13)11-5-9-14-6-2-3-7-14/h4,8H,2-3,5-7,9H2,1H3,(H,11,12). The van der Waals surface area contributed by atoms with E-state index in [1.165, 1.54) is 25.9 Å². The van der Waals surface area contributed by atoms with Gasteiger partial charge in [-0.1, -0.05) is 0 Å². The maximum Gasteiger partial charge on any atom is 0.148 e. The van der Waals surface area contributed by atoms with Crippen LogP contribution in [0, 0.1) is 0 Å². The number of aryl methyl sites for hydroxylation is 1. The number of nitrogens with zero attached hydrogens (tertiary/aromatic N) is 3. The third-order valence-corrected chi connectivity index (χ3v) is 2.65. The number of aromatic nitrogens is 2. The van der Waals surface area contributed by atoms with Gasteiger partial charge in [-0.3, -0.25) is 4.68 Å². The highest BCUT2D eigenvalue weighted by Crippen LogP contribution is 2.06. The summed E-state index contributed by atoms with van der Waals surface area (Å²) in [6.45, 7) is 4.67. The van der Waals surface area contributed by atoms with Crippen molar-refractivity contribution < 1.29 is 0 Å². The van der Waals surface area contributed by atoms with Gasteiger partial charge in [-0.05, 0) is 25.9 Å². The Morgan fingerprint density at radius 3 is 2.86 bits per heavy atom. The molecule has 1 fully saturated rings. The van der Waals surface area contributed by atoms with Crippen LogP contribution in [0.2, 0.25) is 0 Å². The first-order valence-electron chi connectivity index (χ1n) is 5.30. The van der Waals surface area contributed by atoms with Crippen LogP contribution in [0.3, 0.4) is 0 Å². The second-order valence-electron chi connectivity index (χ2n) is 3.85. The average molecular weight is 194 g/mol. The largest absolute Gasteiger partial charge is 0.367 e. The highest BCUT2D eigenvalue weighted by atomic mass is 15.3. The Morgan fingerprint density at radius 2 is 2.21 bits per heavy atom. The third kappa shape index (κ3) is 2.48. The van der Waals surface area contributed by atoms with E-state index in [0.29, 0.717) is 0 Å². The molecular formula is C10H18N4. The minimum Gasteiger partial charge on any atom is -0.367 e. The molecule has 0 aliphatic carbocycles. The Hall–Kier alpha value is -1.03. The second-order valence-corrected chi connectivity index (χ2v) is 3.85. The van der Waals surface area contributed by atoms with Gasteiger partial charge in [0.05, 0.1) is 0 Å². The van der Waals surface area contributed by atoms with Crippen molar-refractivity contribution in [2.75, 3.05) is 31.5 Å². The third-order valence-electron chi connectivity index (χ3n) is 2.65. The van der Waals surface area contributed by atoms with Crippen LogP contribution in [0.5, 0.6) is 0 Å². The number of anilines is 1. The first-order chi connectivity index (χ1) is 6.84. The lowest BCUT2D eigenvalue weighted by atomic mass is 10.4. The zero-order chi connectivity index (χ0) is 9.80. The van der Waals surface area contributed by atoms with E-state index in [4.69, 9.17) is 0 Å². The molecule has 0 bridgehead atoms. The molecule has 1 N–H and O–H groups in total. The zero-order valence-electron chi connectivity index (χ0n) is 8.74. The summed E-state index contributed by atoms with van der Waals surface area (Å²) in [4.78, 5) is 2.50. The fourth-order valence-corrected chi connectivity index (χ4v) is 1.86. The van der Waals surface area contributed by atoms with Crippen LogP contribution >= 0.6 is 0 Å². The molecule has 0 amide bonds. The molecule has 1 saturated heterocycles. The Kier molecular flexibility index (Phi) is 3.03.